The summed E-state index contributed by atoms with van der Waals surface area (Å²) < 4.78 is 23.5. The number of aromatic nitrogens is 1. The van der Waals surface area contributed by atoms with Crippen LogP contribution in [0.1, 0.15) is 58.6 Å². The van der Waals surface area contributed by atoms with Gasteiger partial charge >= 0.3 is 0 Å². The number of primary sulfonamides is 1. The molecule has 3 aromatic rings. The number of aromatic amines is 1. The Kier molecular flexibility index (Phi) is 4.92. The molecule has 0 amide bonds. The van der Waals surface area contributed by atoms with E-state index in [0.29, 0.717) is 28.4 Å². The van der Waals surface area contributed by atoms with Gasteiger partial charge in [0.2, 0.25) is 15.8 Å². The molecule has 0 spiro atoms. The Balaban J connectivity index is 1.58. The van der Waals surface area contributed by atoms with Gasteiger partial charge in [-0.2, -0.15) is 0 Å². The standard InChI is InChI=1S/C23H24N2O3S/c1-23(29(24,27)28,19-5-3-2-4-6-19)15-20-13-14-21(25-20)22(26)18-11-9-17(10-12-18)16-7-8-16/h2-6,9-14,16,25H,7-8,15H2,1H3,(H2,24,27,28). The van der Waals surface area contributed by atoms with E-state index in [-0.39, 0.29) is 12.2 Å². The van der Waals surface area contributed by atoms with Crippen molar-refractivity contribution in [1.82, 2.24) is 4.98 Å². The number of nitrogens with one attached hydrogen (secondary N) is 1. The molecule has 1 aliphatic carbocycles. The van der Waals surface area contributed by atoms with E-state index in [1.165, 1.54) is 18.4 Å². The van der Waals surface area contributed by atoms with Gasteiger partial charge in [0.15, 0.2) is 0 Å². The molecule has 1 unspecified atom stereocenters. The minimum Gasteiger partial charge on any atom is -0.356 e. The second kappa shape index (κ2) is 7.28. The third kappa shape index (κ3) is 3.91. The van der Waals surface area contributed by atoms with Crippen molar-refractivity contribution in [3.63, 3.8) is 0 Å². The lowest BCUT2D eigenvalue weighted by atomic mass is 9.95. The topological polar surface area (TPSA) is 93.0 Å². The minimum atomic E-state index is -3.89. The highest BCUT2D eigenvalue weighted by Crippen LogP contribution is 2.40. The molecule has 1 fully saturated rings. The molecule has 0 radical (unpaired) electrons. The third-order valence-electron chi connectivity index (χ3n) is 5.75. The first-order chi connectivity index (χ1) is 13.8. The normalized spacial score (nSPS) is 16.3. The Bertz CT molecular complexity index is 1130. The maximum absolute atomic E-state index is 12.8. The Morgan fingerprint density at radius 2 is 1.69 bits per heavy atom. The zero-order valence-corrected chi connectivity index (χ0v) is 17.1. The summed E-state index contributed by atoms with van der Waals surface area (Å²) in [5.41, 5.74) is 3.58. The number of sulfonamides is 1. The summed E-state index contributed by atoms with van der Waals surface area (Å²) in [7, 11) is -3.89. The number of ketones is 1. The first kappa shape index (κ1) is 19.6. The number of H-pyrrole nitrogens is 1. The van der Waals surface area contributed by atoms with Crippen molar-refractivity contribution in [2.24, 2.45) is 5.14 Å². The predicted molar refractivity (Wildman–Crippen MR) is 113 cm³/mol. The van der Waals surface area contributed by atoms with Crippen LogP contribution in [0.3, 0.4) is 0 Å². The van der Waals surface area contributed by atoms with Gasteiger partial charge in [-0.15, -0.1) is 0 Å². The molecule has 1 aliphatic rings. The molecule has 0 aliphatic heterocycles. The van der Waals surface area contributed by atoms with Crippen molar-refractivity contribution in [3.8, 4) is 0 Å². The predicted octanol–water partition coefficient (Wildman–Crippen LogP) is 3.87. The lowest BCUT2D eigenvalue weighted by molar-refractivity contribution is 0.103. The van der Waals surface area contributed by atoms with E-state index >= 15 is 0 Å². The minimum absolute atomic E-state index is 0.115. The number of nitrogens with two attached hydrogens (primary N) is 1. The molecule has 4 rings (SSSR count). The summed E-state index contributed by atoms with van der Waals surface area (Å²) in [6.07, 6.45) is 2.58. The number of rotatable bonds is 7. The van der Waals surface area contributed by atoms with Crippen LogP contribution in [0.2, 0.25) is 0 Å². The van der Waals surface area contributed by atoms with Gasteiger partial charge in [0.1, 0.15) is 4.75 Å². The zero-order valence-electron chi connectivity index (χ0n) is 16.3. The van der Waals surface area contributed by atoms with Crippen LogP contribution in [0.4, 0.5) is 0 Å². The van der Waals surface area contributed by atoms with Crippen molar-refractivity contribution in [3.05, 3.63) is 94.8 Å². The van der Waals surface area contributed by atoms with E-state index in [9.17, 15) is 13.2 Å². The van der Waals surface area contributed by atoms with E-state index in [0.717, 1.165) is 0 Å². The number of carbonyl (C=O) groups is 1. The van der Waals surface area contributed by atoms with E-state index in [1.54, 1.807) is 43.3 Å². The van der Waals surface area contributed by atoms with E-state index in [1.807, 2.05) is 30.3 Å². The molecule has 0 saturated heterocycles. The highest BCUT2D eigenvalue weighted by molar-refractivity contribution is 7.90. The fourth-order valence-corrected chi connectivity index (χ4v) is 4.50. The van der Waals surface area contributed by atoms with E-state index in [4.69, 9.17) is 5.14 Å². The van der Waals surface area contributed by atoms with Crippen LogP contribution in [0.5, 0.6) is 0 Å². The third-order valence-corrected chi connectivity index (χ3v) is 7.39. The Labute approximate surface area is 171 Å². The molecule has 1 aromatic heterocycles. The lowest BCUT2D eigenvalue weighted by Crippen LogP contribution is -2.40. The Morgan fingerprint density at radius 3 is 2.28 bits per heavy atom. The van der Waals surface area contributed by atoms with Crippen LogP contribution in [0, 0.1) is 0 Å². The first-order valence-corrected chi connectivity index (χ1v) is 11.2. The highest BCUT2D eigenvalue weighted by atomic mass is 32.2. The molecule has 2 aromatic carbocycles. The molecule has 0 bridgehead atoms. The maximum atomic E-state index is 12.8. The largest absolute Gasteiger partial charge is 0.356 e. The van der Waals surface area contributed by atoms with Crippen molar-refractivity contribution in [2.75, 3.05) is 0 Å². The number of benzene rings is 2. The Morgan fingerprint density at radius 1 is 1.03 bits per heavy atom. The van der Waals surface area contributed by atoms with E-state index in [2.05, 4.69) is 4.98 Å². The fraction of sp³-hybridized carbons (Fsp3) is 0.261. The number of hydrogen-bond acceptors (Lipinski definition) is 3. The number of hydrogen-bond donors (Lipinski definition) is 2. The smallest absolute Gasteiger partial charge is 0.219 e. The average Bonchev–Trinajstić information content (AvgIpc) is 3.46. The number of carbonyl (C=O) groups excluding carboxylic acids is 1. The highest BCUT2D eigenvalue weighted by Gasteiger charge is 2.39. The molecule has 29 heavy (non-hydrogen) atoms. The first-order valence-electron chi connectivity index (χ1n) is 9.68. The van der Waals surface area contributed by atoms with Gasteiger partial charge in [0.05, 0.1) is 5.69 Å². The lowest BCUT2D eigenvalue weighted by Gasteiger charge is -2.27. The van der Waals surface area contributed by atoms with Crippen molar-refractivity contribution in [2.45, 2.75) is 36.9 Å². The zero-order chi connectivity index (χ0) is 20.6. The quantitative estimate of drug-likeness (QED) is 0.581. The summed E-state index contributed by atoms with van der Waals surface area (Å²) in [4.78, 5) is 15.9. The molecule has 150 valence electrons. The molecule has 3 N–H and O–H groups in total. The van der Waals surface area contributed by atoms with Crippen LogP contribution >= 0.6 is 0 Å². The molecule has 1 saturated carbocycles. The van der Waals surface area contributed by atoms with Gasteiger partial charge in [-0.3, -0.25) is 4.79 Å². The molecular weight excluding hydrogens is 384 g/mol. The van der Waals surface area contributed by atoms with Crippen molar-refractivity contribution in [1.29, 1.82) is 0 Å². The molecular formula is C23H24N2O3S. The summed E-state index contributed by atoms with van der Waals surface area (Å²) in [5.74, 6) is 0.528. The van der Waals surface area contributed by atoms with Crippen LogP contribution < -0.4 is 5.14 Å². The Hall–Kier alpha value is -2.70. The van der Waals surface area contributed by atoms with Gasteiger partial charge in [0, 0.05) is 17.7 Å². The second-order valence-electron chi connectivity index (χ2n) is 7.94. The monoisotopic (exact) mass is 408 g/mol. The van der Waals surface area contributed by atoms with Crippen LogP contribution in [0.25, 0.3) is 0 Å². The summed E-state index contributed by atoms with van der Waals surface area (Å²) in [6.45, 7) is 1.61. The molecule has 6 heteroatoms. The van der Waals surface area contributed by atoms with Crippen LogP contribution in [0.15, 0.2) is 66.7 Å². The molecule has 5 nitrogen and oxygen atoms in total. The van der Waals surface area contributed by atoms with Gasteiger partial charge in [-0.1, -0.05) is 54.6 Å². The van der Waals surface area contributed by atoms with Gasteiger partial charge in [-0.25, -0.2) is 13.6 Å². The second-order valence-corrected chi connectivity index (χ2v) is 9.93. The van der Waals surface area contributed by atoms with Crippen LogP contribution in [-0.4, -0.2) is 19.2 Å². The van der Waals surface area contributed by atoms with Gasteiger partial charge in [-0.05, 0) is 48.9 Å². The van der Waals surface area contributed by atoms with E-state index < -0.39 is 14.8 Å². The fourth-order valence-electron chi connectivity index (χ4n) is 3.68. The SMILES string of the molecule is CC(Cc1ccc(C(=O)c2ccc(C3CC3)cc2)[nH]1)(c1ccccc1)S(N)(=O)=O. The van der Waals surface area contributed by atoms with Gasteiger partial charge in [0.25, 0.3) is 0 Å². The van der Waals surface area contributed by atoms with Crippen molar-refractivity contribution < 1.29 is 13.2 Å². The molecule has 1 atom stereocenters. The molecule has 1 heterocycles. The maximum Gasteiger partial charge on any atom is 0.219 e. The summed E-state index contributed by atoms with van der Waals surface area (Å²) in [6, 6.07) is 20.1. The van der Waals surface area contributed by atoms with Gasteiger partial charge < -0.3 is 4.98 Å². The summed E-state index contributed by atoms with van der Waals surface area (Å²) >= 11 is 0. The summed E-state index contributed by atoms with van der Waals surface area (Å²) in [5, 5.41) is 5.59. The van der Waals surface area contributed by atoms with Crippen LogP contribution in [-0.2, 0) is 21.2 Å². The van der Waals surface area contributed by atoms with Crippen molar-refractivity contribution >= 4 is 15.8 Å². The average molecular weight is 409 g/mol.